The molecule has 18 heavy (non-hydrogen) atoms. The van der Waals surface area contributed by atoms with E-state index in [1.807, 2.05) is 0 Å². The minimum absolute atomic E-state index is 0.595. The van der Waals surface area contributed by atoms with Crippen LogP contribution in [0.2, 0.25) is 0 Å². The molecule has 0 saturated carbocycles. The van der Waals surface area contributed by atoms with Gasteiger partial charge in [0.05, 0.1) is 12.5 Å². The summed E-state index contributed by atoms with van der Waals surface area (Å²) in [6.45, 7) is 0.797. The van der Waals surface area contributed by atoms with Crippen molar-refractivity contribution >= 4 is 17.9 Å². The minimum atomic E-state index is -1.48. The second-order valence-electron chi connectivity index (χ2n) is 4.18. The molecule has 0 spiro atoms. The van der Waals surface area contributed by atoms with Crippen molar-refractivity contribution in [1.82, 2.24) is 10.2 Å². The van der Waals surface area contributed by atoms with E-state index in [0.29, 0.717) is 10.5 Å². The Kier molecular flexibility index (Phi) is 2.78. The molecular formula is C12H11N2O4-. The summed E-state index contributed by atoms with van der Waals surface area (Å²) in [4.78, 5) is 34.9. The molecule has 0 aliphatic carbocycles. The molecule has 0 aromatic heterocycles. The minimum Gasteiger partial charge on any atom is -0.548 e. The summed E-state index contributed by atoms with van der Waals surface area (Å²) in [6, 6.07) is 7.92. The third kappa shape index (κ3) is 1.81. The number of urea groups is 1. The fourth-order valence-electron chi connectivity index (χ4n) is 1.94. The van der Waals surface area contributed by atoms with Crippen molar-refractivity contribution in [3.63, 3.8) is 0 Å². The van der Waals surface area contributed by atoms with Crippen molar-refractivity contribution in [2.24, 2.45) is 0 Å². The standard InChI is InChI=1S/C12H12N2O4/c1-12(8-5-3-2-4-6-8)10(17)14(7-9(15)16)11(18)13-12/h2-6H,7H2,1H3,(H,13,18)(H,15,16)/p-1/t12-/m1/s1. The van der Waals surface area contributed by atoms with Crippen molar-refractivity contribution in [3.8, 4) is 0 Å². The van der Waals surface area contributed by atoms with E-state index in [-0.39, 0.29) is 0 Å². The first-order valence-electron chi connectivity index (χ1n) is 5.34. The number of nitrogens with one attached hydrogen (secondary N) is 1. The predicted molar refractivity (Wildman–Crippen MR) is 59.0 cm³/mol. The molecule has 94 valence electrons. The van der Waals surface area contributed by atoms with Crippen LogP contribution in [0.5, 0.6) is 0 Å². The van der Waals surface area contributed by atoms with Gasteiger partial charge in [0, 0.05) is 0 Å². The fourth-order valence-corrected chi connectivity index (χ4v) is 1.94. The van der Waals surface area contributed by atoms with Crippen molar-refractivity contribution in [1.29, 1.82) is 0 Å². The highest BCUT2D eigenvalue weighted by Gasteiger charge is 2.48. The van der Waals surface area contributed by atoms with Gasteiger partial charge < -0.3 is 15.2 Å². The summed E-state index contributed by atoms with van der Waals surface area (Å²) in [5.41, 5.74) is -0.627. The zero-order chi connectivity index (χ0) is 13.3. The van der Waals surface area contributed by atoms with Gasteiger partial charge >= 0.3 is 6.03 Å². The van der Waals surface area contributed by atoms with Crippen LogP contribution in [0.1, 0.15) is 12.5 Å². The first-order chi connectivity index (χ1) is 8.45. The van der Waals surface area contributed by atoms with Gasteiger partial charge in [0.2, 0.25) is 0 Å². The van der Waals surface area contributed by atoms with Gasteiger partial charge in [0.25, 0.3) is 5.91 Å². The number of carbonyl (C=O) groups is 3. The van der Waals surface area contributed by atoms with Gasteiger partial charge in [-0.2, -0.15) is 0 Å². The lowest BCUT2D eigenvalue weighted by Crippen LogP contribution is -2.43. The summed E-state index contributed by atoms with van der Waals surface area (Å²) >= 11 is 0. The van der Waals surface area contributed by atoms with Crippen LogP contribution < -0.4 is 10.4 Å². The van der Waals surface area contributed by atoms with Crippen molar-refractivity contribution < 1.29 is 19.5 Å². The summed E-state index contributed by atoms with van der Waals surface area (Å²) in [7, 11) is 0. The van der Waals surface area contributed by atoms with E-state index in [0.717, 1.165) is 0 Å². The van der Waals surface area contributed by atoms with E-state index in [1.54, 1.807) is 30.3 Å². The quantitative estimate of drug-likeness (QED) is 0.708. The molecule has 1 atom stereocenters. The molecule has 0 radical (unpaired) electrons. The summed E-state index contributed by atoms with van der Waals surface area (Å²) in [5.74, 6) is -2.07. The van der Waals surface area contributed by atoms with E-state index in [4.69, 9.17) is 0 Å². The number of amides is 3. The Morgan fingerprint density at radius 3 is 2.50 bits per heavy atom. The lowest BCUT2D eigenvalue weighted by molar-refractivity contribution is -0.305. The molecule has 1 saturated heterocycles. The maximum Gasteiger partial charge on any atom is 0.325 e. The number of aliphatic carboxylic acids is 1. The Morgan fingerprint density at radius 1 is 1.33 bits per heavy atom. The van der Waals surface area contributed by atoms with Gasteiger partial charge in [-0.25, -0.2) is 4.79 Å². The van der Waals surface area contributed by atoms with E-state index in [1.165, 1.54) is 6.92 Å². The highest BCUT2D eigenvalue weighted by Crippen LogP contribution is 2.28. The fraction of sp³-hybridized carbons (Fsp3) is 0.250. The first kappa shape index (κ1) is 12.1. The third-order valence-electron chi connectivity index (χ3n) is 2.91. The van der Waals surface area contributed by atoms with Crippen molar-refractivity contribution in [3.05, 3.63) is 35.9 Å². The summed E-state index contributed by atoms with van der Waals surface area (Å²) < 4.78 is 0. The van der Waals surface area contributed by atoms with Crippen LogP contribution in [-0.4, -0.2) is 29.4 Å². The molecule has 2 rings (SSSR count). The lowest BCUT2D eigenvalue weighted by Gasteiger charge is -2.22. The number of carboxylic acids is 1. The average Bonchev–Trinajstić information content (AvgIpc) is 2.55. The molecule has 6 heteroatoms. The lowest BCUT2D eigenvalue weighted by atomic mass is 9.92. The Hall–Kier alpha value is -2.37. The van der Waals surface area contributed by atoms with Gasteiger partial charge in [-0.15, -0.1) is 0 Å². The number of rotatable bonds is 3. The van der Waals surface area contributed by atoms with Crippen LogP contribution in [0.15, 0.2) is 30.3 Å². The number of carboxylic acid groups (broad SMARTS) is 1. The average molecular weight is 247 g/mol. The molecule has 1 aliphatic rings. The Balaban J connectivity index is 2.35. The van der Waals surface area contributed by atoms with Crippen LogP contribution in [0.4, 0.5) is 4.79 Å². The van der Waals surface area contributed by atoms with E-state index < -0.39 is 30.0 Å². The van der Waals surface area contributed by atoms with Gasteiger partial charge in [-0.3, -0.25) is 9.69 Å². The molecule has 1 N–H and O–H groups in total. The summed E-state index contributed by atoms with van der Waals surface area (Å²) in [6.07, 6.45) is 0. The Labute approximate surface area is 103 Å². The number of hydrogen-bond acceptors (Lipinski definition) is 4. The van der Waals surface area contributed by atoms with E-state index in [9.17, 15) is 19.5 Å². The van der Waals surface area contributed by atoms with E-state index in [2.05, 4.69) is 5.32 Å². The number of nitrogens with zero attached hydrogens (tertiary/aromatic N) is 1. The molecule has 0 unspecified atom stereocenters. The van der Waals surface area contributed by atoms with Crippen LogP contribution in [-0.2, 0) is 15.1 Å². The predicted octanol–water partition coefficient (Wildman–Crippen LogP) is -0.797. The number of carbonyl (C=O) groups excluding carboxylic acids is 3. The van der Waals surface area contributed by atoms with Crippen molar-refractivity contribution in [2.45, 2.75) is 12.5 Å². The summed E-state index contributed by atoms with van der Waals surface area (Å²) in [5, 5.41) is 13.0. The van der Waals surface area contributed by atoms with E-state index >= 15 is 0 Å². The Morgan fingerprint density at radius 2 is 1.94 bits per heavy atom. The first-order valence-corrected chi connectivity index (χ1v) is 5.34. The number of imide groups is 1. The molecule has 1 aromatic carbocycles. The van der Waals surface area contributed by atoms with Gasteiger partial charge in [-0.05, 0) is 12.5 Å². The monoisotopic (exact) mass is 247 g/mol. The van der Waals surface area contributed by atoms with Gasteiger partial charge in [-0.1, -0.05) is 30.3 Å². The molecular weight excluding hydrogens is 236 g/mol. The number of hydrogen-bond donors (Lipinski definition) is 1. The van der Waals surface area contributed by atoms with Gasteiger partial charge in [0.1, 0.15) is 5.54 Å². The molecule has 3 amide bonds. The molecule has 6 nitrogen and oxygen atoms in total. The highest BCUT2D eigenvalue weighted by atomic mass is 16.4. The topological polar surface area (TPSA) is 89.5 Å². The molecule has 1 heterocycles. The smallest absolute Gasteiger partial charge is 0.325 e. The van der Waals surface area contributed by atoms with Crippen LogP contribution in [0, 0.1) is 0 Å². The maximum atomic E-state index is 12.1. The molecule has 1 aliphatic heterocycles. The second kappa shape index (κ2) is 4.14. The zero-order valence-corrected chi connectivity index (χ0v) is 9.67. The Bertz CT molecular complexity index is 514. The second-order valence-corrected chi connectivity index (χ2v) is 4.18. The largest absolute Gasteiger partial charge is 0.548 e. The normalized spacial score (nSPS) is 23.1. The van der Waals surface area contributed by atoms with Crippen LogP contribution in [0.3, 0.4) is 0 Å². The molecule has 1 fully saturated rings. The number of benzene rings is 1. The zero-order valence-electron chi connectivity index (χ0n) is 9.67. The van der Waals surface area contributed by atoms with Crippen molar-refractivity contribution in [2.75, 3.05) is 6.54 Å². The molecule has 1 aromatic rings. The maximum absolute atomic E-state index is 12.1. The van der Waals surface area contributed by atoms with Gasteiger partial charge in [0.15, 0.2) is 0 Å². The SMILES string of the molecule is C[C@]1(c2ccccc2)NC(=O)N(CC(=O)[O-])C1=O. The van der Waals surface area contributed by atoms with Crippen LogP contribution >= 0.6 is 0 Å². The highest BCUT2D eigenvalue weighted by molar-refractivity contribution is 6.08. The molecule has 0 bridgehead atoms. The third-order valence-corrected chi connectivity index (χ3v) is 2.91. The van der Waals surface area contributed by atoms with Crippen LogP contribution in [0.25, 0.3) is 0 Å².